The molecule has 1 unspecified atom stereocenters. The van der Waals surface area contributed by atoms with Gasteiger partial charge in [0.05, 0.1) is 12.2 Å². The minimum Gasteiger partial charge on any atom is -0.368 e. The maximum atomic E-state index is 12.7. The first-order chi connectivity index (χ1) is 10.2. The number of nitrogens with one attached hydrogen (secondary N) is 2. The Bertz CT molecular complexity index is 526. The van der Waals surface area contributed by atoms with Crippen molar-refractivity contribution in [3.63, 3.8) is 0 Å². The summed E-state index contributed by atoms with van der Waals surface area (Å²) in [7, 11) is 3.60. The smallest absolute Gasteiger partial charge is 0.252 e. The van der Waals surface area contributed by atoms with Gasteiger partial charge < -0.3 is 15.4 Å². The van der Waals surface area contributed by atoms with E-state index in [2.05, 4.69) is 15.7 Å². The lowest BCUT2D eigenvalue weighted by atomic mass is 9.88. The Morgan fingerprint density at radius 2 is 2.23 bits per heavy atom. The highest BCUT2D eigenvalue weighted by Crippen LogP contribution is 2.31. The zero-order valence-corrected chi connectivity index (χ0v) is 14.0. The summed E-state index contributed by atoms with van der Waals surface area (Å²) in [5.74, 6) is 0.0215. The van der Waals surface area contributed by atoms with E-state index in [0.29, 0.717) is 0 Å². The minimum absolute atomic E-state index is 0. The Kier molecular flexibility index (Phi) is 5.47. The van der Waals surface area contributed by atoms with Crippen LogP contribution in [0.15, 0.2) is 6.20 Å². The number of rotatable bonds is 3. The van der Waals surface area contributed by atoms with E-state index >= 15 is 0 Å². The largest absolute Gasteiger partial charge is 0.368 e. The lowest BCUT2D eigenvalue weighted by molar-refractivity contribution is -0.147. The fraction of sp³-hybridized carbons (Fsp3) is 0.733. The Labute approximate surface area is 137 Å². The van der Waals surface area contributed by atoms with Crippen LogP contribution in [-0.2, 0) is 23.0 Å². The lowest BCUT2D eigenvalue weighted by Gasteiger charge is -2.36. The van der Waals surface area contributed by atoms with E-state index in [1.54, 1.807) is 7.11 Å². The number of fused-ring (bicyclic) bond motifs is 1. The van der Waals surface area contributed by atoms with Crippen molar-refractivity contribution in [2.24, 2.45) is 7.05 Å². The highest BCUT2D eigenvalue weighted by atomic mass is 35.5. The Hall–Kier alpha value is -1.11. The zero-order valence-electron chi connectivity index (χ0n) is 13.2. The van der Waals surface area contributed by atoms with Crippen LogP contribution < -0.4 is 10.6 Å². The first-order valence-corrected chi connectivity index (χ1v) is 7.74. The lowest BCUT2D eigenvalue weighted by Crippen LogP contribution is -2.54. The summed E-state index contributed by atoms with van der Waals surface area (Å²) < 4.78 is 7.52. The summed E-state index contributed by atoms with van der Waals surface area (Å²) in [6, 6.07) is 0.0665. The SMILES string of the molecule is COC1(C(=O)NC2CCCc3c2cnn3C)CCNCC1.Cl. The van der Waals surface area contributed by atoms with Crippen molar-refractivity contribution in [1.29, 1.82) is 0 Å². The molecule has 0 saturated carbocycles. The average Bonchev–Trinajstić information content (AvgIpc) is 2.90. The van der Waals surface area contributed by atoms with Crippen molar-refractivity contribution < 1.29 is 9.53 Å². The van der Waals surface area contributed by atoms with Gasteiger partial charge >= 0.3 is 0 Å². The van der Waals surface area contributed by atoms with Crippen molar-refractivity contribution in [2.75, 3.05) is 20.2 Å². The van der Waals surface area contributed by atoms with Crippen LogP contribution in [0.5, 0.6) is 0 Å². The number of carbonyl (C=O) groups is 1. The van der Waals surface area contributed by atoms with Crippen LogP contribution in [0.4, 0.5) is 0 Å². The Morgan fingerprint density at radius 1 is 1.50 bits per heavy atom. The summed E-state index contributed by atoms with van der Waals surface area (Å²) in [4.78, 5) is 12.7. The van der Waals surface area contributed by atoms with Gasteiger partial charge in [-0.15, -0.1) is 12.4 Å². The van der Waals surface area contributed by atoms with Crippen LogP contribution in [0.1, 0.15) is 43.0 Å². The summed E-state index contributed by atoms with van der Waals surface area (Å²) in [6.07, 6.45) is 6.43. The van der Waals surface area contributed by atoms with Crippen LogP contribution in [0, 0.1) is 0 Å². The van der Waals surface area contributed by atoms with Crippen LogP contribution in [0.2, 0.25) is 0 Å². The number of aryl methyl sites for hydroxylation is 1. The van der Waals surface area contributed by atoms with E-state index in [0.717, 1.165) is 50.8 Å². The molecule has 1 aromatic rings. The van der Waals surface area contributed by atoms with Crippen LogP contribution >= 0.6 is 12.4 Å². The second-order valence-electron chi connectivity index (χ2n) is 6.04. The standard InChI is InChI=1S/C15H24N4O2.ClH/c1-19-13-5-3-4-12(11(13)10-17-19)18-14(20)15(21-2)6-8-16-9-7-15;/h10,12,16H,3-9H2,1-2H3,(H,18,20);1H. The molecule has 0 aromatic carbocycles. The molecule has 1 aromatic heterocycles. The van der Waals surface area contributed by atoms with Gasteiger partial charge in [0.1, 0.15) is 5.60 Å². The predicted molar refractivity (Wildman–Crippen MR) is 86.1 cm³/mol. The van der Waals surface area contributed by atoms with Crippen LogP contribution in [0.25, 0.3) is 0 Å². The molecule has 1 fully saturated rings. The molecule has 7 heteroatoms. The van der Waals surface area contributed by atoms with E-state index in [1.807, 2.05) is 17.9 Å². The van der Waals surface area contributed by atoms with Crippen molar-refractivity contribution in [3.8, 4) is 0 Å². The van der Waals surface area contributed by atoms with E-state index in [-0.39, 0.29) is 24.4 Å². The topological polar surface area (TPSA) is 68.2 Å². The monoisotopic (exact) mass is 328 g/mol. The van der Waals surface area contributed by atoms with E-state index < -0.39 is 5.60 Å². The van der Waals surface area contributed by atoms with Gasteiger partial charge in [-0.3, -0.25) is 9.48 Å². The van der Waals surface area contributed by atoms with Gasteiger partial charge in [0.15, 0.2) is 0 Å². The van der Waals surface area contributed by atoms with Gasteiger partial charge in [-0.1, -0.05) is 0 Å². The number of halogens is 1. The molecule has 124 valence electrons. The molecule has 22 heavy (non-hydrogen) atoms. The molecule has 1 atom stereocenters. The minimum atomic E-state index is -0.676. The summed E-state index contributed by atoms with van der Waals surface area (Å²) in [5, 5.41) is 10.8. The van der Waals surface area contributed by atoms with Gasteiger partial charge in [0, 0.05) is 25.4 Å². The number of aromatic nitrogens is 2. The summed E-state index contributed by atoms with van der Waals surface area (Å²) >= 11 is 0. The first kappa shape index (κ1) is 17.2. The molecule has 1 amide bonds. The predicted octanol–water partition coefficient (Wildman–Crippen LogP) is 1.10. The number of nitrogens with zero attached hydrogens (tertiary/aromatic N) is 2. The quantitative estimate of drug-likeness (QED) is 0.872. The number of amides is 1. The van der Waals surface area contributed by atoms with Crippen LogP contribution in [-0.4, -0.2) is 41.5 Å². The van der Waals surface area contributed by atoms with E-state index in [9.17, 15) is 4.79 Å². The molecule has 1 saturated heterocycles. The fourth-order valence-corrected chi connectivity index (χ4v) is 3.50. The number of hydrogen-bond acceptors (Lipinski definition) is 4. The molecule has 2 heterocycles. The Balaban J connectivity index is 0.00000176. The molecule has 0 bridgehead atoms. The van der Waals surface area contributed by atoms with Crippen molar-refractivity contribution in [1.82, 2.24) is 20.4 Å². The highest BCUT2D eigenvalue weighted by molar-refractivity contribution is 5.86. The van der Waals surface area contributed by atoms with Gasteiger partial charge in [0.25, 0.3) is 5.91 Å². The molecule has 6 nitrogen and oxygen atoms in total. The van der Waals surface area contributed by atoms with Crippen molar-refractivity contribution in [3.05, 3.63) is 17.5 Å². The maximum Gasteiger partial charge on any atom is 0.252 e. The molecule has 1 aliphatic heterocycles. The fourth-order valence-electron chi connectivity index (χ4n) is 3.50. The zero-order chi connectivity index (χ0) is 14.9. The van der Waals surface area contributed by atoms with E-state index in [4.69, 9.17) is 4.74 Å². The second-order valence-corrected chi connectivity index (χ2v) is 6.04. The molecule has 3 rings (SSSR count). The third-order valence-corrected chi connectivity index (χ3v) is 4.90. The molecule has 2 aliphatic rings. The average molecular weight is 329 g/mol. The number of methoxy groups -OCH3 is 1. The van der Waals surface area contributed by atoms with Crippen molar-refractivity contribution in [2.45, 2.75) is 43.7 Å². The molecule has 1 aliphatic carbocycles. The first-order valence-electron chi connectivity index (χ1n) is 7.74. The van der Waals surface area contributed by atoms with Gasteiger partial charge in [0.2, 0.25) is 0 Å². The second kappa shape index (κ2) is 6.98. The third-order valence-electron chi connectivity index (χ3n) is 4.90. The van der Waals surface area contributed by atoms with Gasteiger partial charge in [-0.25, -0.2) is 0 Å². The van der Waals surface area contributed by atoms with E-state index in [1.165, 1.54) is 5.69 Å². The van der Waals surface area contributed by atoms with Gasteiger partial charge in [-0.05, 0) is 45.2 Å². The van der Waals surface area contributed by atoms with Gasteiger partial charge in [-0.2, -0.15) is 5.10 Å². The van der Waals surface area contributed by atoms with Crippen molar-refractivity contribution >= 4 is 18.3 Å². The number of hydrogen-bond donors (Lipinski definition) is 2. The normalized spacial score (nSPS) is 23.3. The molecular weight excluding hydrogens is 304 g/mol. The number of ether oxygens (including phenoxy) is 1. The van der Waals surface area contributed by atoms with Crippen LogP contribution in [0.3, 0.4) is 0 Å². The number of carbonyl (C=O) groups excluding carboxylic acids is 1. The molecule has 0 spiro atoms. The highest BCUT2D eigenvalue weighted by Gasteiger charge is 2.41. The molecular formula is C15H25ClN4O2. The summed E-state index contributed by atoms with van der Waals surface area (Å²) in [6.45, 7) is 1.65. The Morgan fingerprint density at radius 3 is 2.91 bits per heavy atom. The number of piperidine rings is 1. The maximum absolute atomic E-state index is 12.7. The third kappa shape index (κ3) is 3.00. The summed E-state index contributed by atoms with van der Waals surface area (Å²) in [5.41, 5.74) is 1.73. The molecule has 0 radical (unpaired) electrons. The molecule has 2 N–H and O–H groups in total.